The highest BCUT2D eigenvalue weighted by atomic mass is 35.5. The van der Waals surface area contributed by atoms with Gasteiger partial charge >= 0.3 is 0 Å². The smallest absolute Gasteiger partial charge is 0.269 e. The van der Waals surface area contributed by atoms with Gasteiger partial charge in [0.2, 0.25) is 11.8 Å². The summed E-state index contributed by atoms with van der Waals surface area (Å²) in [6.45, 7) is 4.57. The number of hydrogen-bond acceptors (Lipinski definition) is 5. The van der Waals surface area contributed by atoms with Crippen molar-refractivity contribution in [1.82, 2.24) is 10.2 Å². The van der Waals surface area contributed by atoms with E-state index in [1.165, 1.54) is 23.9 Å². The molecule has 0 radical (unpaired) electrons. The molecule has 2 aromatic carbocycles. The van der Waals surface area contributed by atoms with E-state index in [4.69, 9.17) is 11.6 Å². The van der Waals surface area contributed by atoms with Crippen LogP contribution in [0.15, 0.2) is 48.5 Å². The van der Waals surface area contributed by atoms with Crippen molar-refractivity contribution < 1.29 is 14.5 Å². The monoisotopic (exact) mass is 477 g/mol. The molecule has 0 saturated heterocycles. The van der Waals surface area contributed by atoms with E-state index in [9.17, 15) is 19.7 Å². The lowest BCUT2D eigenvalue weighted by Crippen LogP contribution is -2.48. The molecule has 0 unspecified atom stereocenters. The summed E-state index contributed by atoms with van der Waals surface area (Å²) in [5.41, 5.74) is 1.69. The Labute approximate surface area is 197 Å². The van der Waals surface area contributed by atoms with Crippen molar-refractivity contribution in [3.63, 3.8) is 0 Å². The number of nitrogens with zero attached hydrogens (tertiary/aromatic N) is 2. The SMILES string of the molecule is CCCCNC(=O)[C@H](C)N(Cc1ccccc1Cl)C(=O)CSCc1ccc([N+](=O)[O-])cc1. The normalized spacial score (nSPS) is 11.6. The Morgan fingerprint density at radius 2 is 1.88 bits per heavy atom. The Bertz CT molecular complexity index is 924. The number of non-ortho nitro benzene ring substituents is 1. The fraction of sp³-hybridized carbons (Fsp3) is 0.391. The number of thioether (sulfide) groups is 1. The first-order chi connectivity index (χ1) is 15.3. The molecule has 0 heterocycles. The number of unbranched alkanes of at least 4 members (excludes halogenated alkanes) is 1. The van der Waals surface area contributed by atoms with Crippen LogP contribution in [0.2, 0.25) is 5.02 Å². The van der Waals surface area contributed by atoms with Crippen molar-refractivity contribution in [2.24, 2.45) is 0 Å². The first-order valence-corrected chi connectivity index (χ1v) is 12.0. The van der Waals surface area contributed by atoms with Gasteiger partial charge in [-0.25, -0.2) is 0 Å². The molecule has 2 aromatic rings. The van der Waals surface area contributed by atoms with Crippen molar-refractivity contribution in [2.45, 2.75) is 45.0 Å². The van der Waals surface area contributed by atoms with Crippen LogP contribution in [0.25, 0.3) is 0 Å². The maximum Gasteiger partial charge on any atom is 0.269 e. The standard InChI is InChI=1S/C23H28ClN3O4S/c1-3-4-13-25-23(29)17(2)26(14-19-7-5-6-8-21(19)24)22(28)16-32-15-18-9-11-20(12-10-18)27(30)31/h5-12,17H,3-4,13-16H2,1-2H3,(H,25,29)/t17-/m0/s1. The summed E-state index contributed by atoms with van der Waals surface area (Å²) in [6.07, 6.45) is 1.85. The molecular weight excluding hydrogens is 450 g/mol. The molecule has 32 heavy (non-hydrogen) atoms. The Hall–Kier alpha value is -2.58. The average molecular weight is 478 g/mol. The highest BCUT2D eigenvalue weighted by molar-refractivity contribution is 7.99. The third-order valence-electron chi connectivity index (χ3n) is 4.94. The molecule has 1 N–H and O–H groups in total. The van der Waals surface area contributed by atoms with Gasteiger partial charge in [-0.2, -0.15) is 0 Å². The maximum absolute atomic E-state index is 13.1. The summed E-state index contributed by atoms with van der Waals surface area (Å²) < 4.78 is 0. The minimum Gasteiger partial charge on any atom is -0.354 e. The summed E-state index contributed by atoms with van der Waals surface area (Å²) in [6, 6.07) is 12.9. The summed E-state index contributed by atoms with van der Waals surface area (Å²) in [5.74, 6) is 0.337. The van der Waals surface area contributed by atoms with Gasteiger partial charge in [0, 0.05) is 36.0 Å². The van der Waals surface area contributed by atoms with E-state index in [1.807, 2.05) is 25.1 Å². The van der Waals surface area contributed by atoms with E-state index >= 15 is 0 Å². The first kappa shape index (κ1) is 25.7. The number of halogens is 1. The van der Waals surface area contributed by atoms with Crippen LogP contribution >= 0.6 is 23.4 Å². The second kappa shape index (κ2) is 13.1. The van der Waals surface area contributed by atoms with Gasteiger partial charge in [-0.15, -0.1) is 11.8 Å². The van der Waals surface area contributed by atoms with E-state index in [0.29, 0.717) is 17.3 Å². The molecule has 9 heteroatoms. The first-order valence-electron chi connectivity index (χ1n) is 10.4. The van der Waals surface area contributed by atoms with Gasteiger partial charge in [-0.3, -0.25) is 19.7 Å². The van der Waals surface area contributed by atoms with Crippen LogP contribution in [-0.2, 0) is 21.9 Å². The zero-order chi connectivity index (χ0) is 23.5. The summed E-state index contributed by atoms with van der Waals surface area (Å²) in [4.78, 5) is 37.6. The van der Waals surface area contributed by atoms with Crippen LogP contribution < -0.4 is 5.32 Å². The fourth-order valence-corrected chi connectivity index (χ4v) is 4.05. The quantitative estimate of drug-likeness (QED) is 0.269. The van der Waals surface area contributed by atoms with Crippen LogP contribution in [0.3, 0.4) is 0 Å². The van der Waals surface area contributed by atoms with Crippen molar-refractivity contribution >= 4 is 40.9 Å². The van der Waals surface area contributed by atoms with Crippen LogP contribution in [0.1, 0.15) is 37.8 Å². The van der Waals surface area contributed by atoms with Gasteiger partial charge in [0.05, 0.1) is 10.7 Å². The lowest BCUT2D eigenvalue weighted by atomic mass is 10.1. The minimum atomic E-state index is -0.643. The Morgan fingerprint density at radius 1 is 1.19 bits per heavy atom. The van der Waals surface area contributed by atoms with Gasteiger partial charge in [-0.1, -0.05) is 55.3 Å². The molecule has 0 aliphatic carbocycles. The predicted molar refractivity (Wildman–Crippen MR) is 129 cm³/mol. The lowest BCUT2D eigenvalue weighted by Gasteiger charge is -2.29. The van der Waals surface area contributed by atoms with E-state index in [1.54, 1.807) is 30.0 Å². The molecule has 0 aromatic heterocycles. The number of nitrogens with one attached hydrogen (secondary N) is 1. The van der Waals surface area contributed by atoms with Crippen molar-refractivity contribution in [2.75, 3.05) is 12.3 Å². The number of carbonyl (C=O) groups excluding carboxylic acids is 2. The third-order valence-corrected chi connectivity index (χ3v) is 6.29. The van der Waals surface area contributed by atoms with Gasteiger partial charge in [-0.05, 0) is 30.5 Å². The molecule has 1 atom stereocenters. The van der Waals surface area contributed by atoms with Gasteiger partial charge in [0.15, 0.2) is 0 Å². The van der Waals surface area contributed by atoms with Crippen LogP contribution in [0, 0.1) is 10.1 Å². The average Bonchev–Trinajstić information content (AvgIpc) is 2.78. The van der Waals surface area contributed by atoms with Crippen molar-refractivity contribution in [1.29, 1.82) is 0 Å². The van der Waals surface area contributed by atoms with E-state index in [-0.39, 0.29) is 29.8 Å². The Balaban J connectivity index is 2.04. The molecule has 172 valence electrons. The fourth-order valence-electron chi connectivity index (χ4n) is 2.98. The van der Waals surface area contributed by atoms with Crippen LogP contribution in [0.4, 0.5) is 5.69 Å². The van der Waals surface area contributed by atoms with E-state index < -0.39 is 11.0 Å². The zero-order valence-electron chi connectivity index (χ0n) is 18.3. The predicted octanol–water partition coefficient (Wildman–Crippen LogP) is 4.82. The number of nitro benzene ring substituents is 1. The van der Waals surface area contributed by atoms with Gasteiger partial charge in [0.1, 0.15) is 6.04 Å². The Kier molecular flexibility index (Phi) is 10.5. The molecule has 0 aliphatic rings. The van der Waals surface area contributed by atoms with E-state index in [0.717, 1.165) is 24.0 Å². The molecule has 0 spiro atoms. The molecule has 7 nitrogen and oxygen atoms in total. The molecule has 0 aliphatic heterocycles. The number of benzene rings is 2. The van der Waals surface area contributed by atoms with Crippen molar-refractivity contribution in [3.8, 4) is 0 Å². The molecule has 2 rings (SSSR count). The number of carbonyl (C=O) groups is 2. The maximum atomic E-state index is 13.1. The molecule has 2 amide bonds. The molecule has 0 fully saturated rings. The topological polar surface area (TPSA) is 92.6 Å². The second-order valence-electron chi connectivity index (χ2n) is 7.35. The molecule has 0 bridgehead atoms. The number of nitro groups is 1. The van der Waals surface area contributed by atoms with Crippen LogP contribution in [0.5, 0.6) is 0 Å². The number of amides is 2. The van der Waals surface area contributed by atoms with E-state index in [2.05, 4.69) is 5.32 Å². The van der Waals surface area contributed by atoms with Crippen molar-refractivity contribution in [3.05, 3.63) is 74.8 Å². The summed E-state index contributed by atoms with van der Waals surface area (Å²) in [5, 5.41) is 14.2. The molecular formula is C23H28ClN3O4S. The van der Waals surface area contributed by atoms with Gasteiger partial charge < -0.3 is 10.2 Å². The van der Waals surface area contributed by atoms with Crippen LogP contribution in [-0.4, -0.2) is 40.0 Å². The largest absolute Gasteiger partial charge is 0.354 e. The lowest BCUT2D eigenvalue weighted by molar-refractivity contribution is -0.384. The minimum absolute atomic E-state index is 0.0312. The highest BCUT2D eigenvalue weighted by Gasteiger charge is 2.26. The zero-order valence-corrected chi connectivity index (χ0v) is 19.8. The highest BCUT2D eigenvalue weighted by Crippen LogP contribution is 2.21. The van der Waals surface area contributed by atoms with Gasteiger partial charge in [0.25, 0.3) is 5.69 Å². The molecule has 0 saturated carbocycles. The third kappa shape index (κ3) is 7.84. The second-order valence-corrected chi connectivity index (χ2v) is 8.74. The number of rotatable bonds is 12. The number of hydrogen-bond donors (Lipinski definition) is 1. The summed E-state index contributed by atoms with van der Waals surface area (Å²) in [7, 11) is 0. The summed E-state index contributed by atoms with van der Waals surface area (Å²) >= 11 is 7.68. The Morgan fingerprint density at radius 3 is 2.50 bits per heavy atom.